The van der Waals surface area contributed by atoms with E-state index in [0.717, 1.165) is 12.8 Å². The molecule has 0 aliphatic rings. The second kappa shape index (κ2) is 17.0. The molecule has 0 amide bonds. The number of aliphatic hydroxyl groups is 1. The number of carbonyl (C=O) groups is 1. The summed E-state index contributed by atoms with van der Waals surface area (Å²) in [6.45, 7) is 4.90. The van der Waals surface area contributed by atoms with E-state index in [4.69, 9.17) is 5.11 Å². The summed E-state index contributed by atoms with van der Waals surface area (Å²) in [7, 11) is 0. The molecule has 0 fully saturated rings. The molecule has 1 unspecified atom stereocenters. The Kier molecular flexibility index (Phi) is 16.6. The number of Topliss-reactive ketones (excluding diaryl/α,β-unsaturated/α-hetero) is 1. The van der Waals surface area contributed by atoms with Gasteiger partial charge in [0.1, 0.15) is 5.78 Å². The molecule has 0 aliphatic heterocycles. The highest BCUT2D eigenvalue weighted by Gasteiger charge is 2.14. The second-order valence-corrected chi connectivity index (χ2v) is 6.39. The largest absolute Gasteiger partial charge is 0.395 e. The summed E-state index contributed by atoms with van der Waals surface area (Å²) in [5.74, 6) is 0.312. The Balaban J connectivity index is 3.35. The number of hydrogen-bond donors (Lipinski definition) is 2. The highest BCUT2D eigenvalue weighted by molar-refractivity contribution is 5.83. The van der Waals surface area contributed by atoms with Gasteiger partial charge >= 0.3 is 0 Å². The predicted molar refractivity (Wildman–Crippen MR) is 95.3 cm³/mol. The van der Waals surface area contributed by atoms with Crippen molar-refractivity contribution in [3.8, 4) is 0 Å². The lowest BCUT2D eigenvalue weighted by Crippen LogP contribution is -2.37. The summed E-state index contributed by atoms with van der Waals surface area (Å²) in [6, 6.07) is -0.0599. The molecule has 0 aromatic heterocycles. The molecule has 0 saturated carbocycles. The number of nitrogens with one attached hydrogen (secondary N) is 1. The van der Waals surface area contributed by atoms with Gasteiger partial charge in [-0.25, -0.2) is 0 Å². The van der Waals surface area contributed by atoms with Crippen molar-refractivity contribution in [1.29, 1.82) is 0 Å². The Morgan fingerprint density at radius 2 is 1.36 bits per heavy atom. The minimum atomic E-state index is -0.0599. The van der Waals surface area contributed by atoms with E-state index in [2.05, 4.69) is 12.2 Å². The SMILES string of the molecule is CCCCCCCCCCCCCC(=O)C(CC)NCCO. The minimum absolute atomic E-state index is 0.0599. The van der Waals surface area contributed by atoms with E-state index in [0.29, 0.717) is 18.7 Å². The molecule has 0 aromatic carbocycles. The van der Waals surface area contributed by atoms with Gasteiger partial charge in [-0.3, -0.25) is 4.79 Å². The van der Waals surface area contributed by atoms with Crippen LogP contribution in [0.5, 0.6) is 0 Å². The maximum atomic E-state index is 12.0. The minimum Gasteiger partial charge on any atom is -0.395 e. The zero-order valence-electron chi connectivity index (χ0n) is 15.0. The quantitative estimate of drug-likeness (QED) is 0.385. The van der Waals surface area contributed by atoms with Crippen molar-refractivity contribution < 1.29 is 9.90 Å². The molecule has 3 nitrogen and oxygen atoms in total. The first-order valence-corrected chi connectivity index (χ1v) is 9.63. The van der Waals surface area contributed by atoms with Gasteiger partial charge < -0.3 is 10.4 Å². The topological polar surface area (TPSA) is 49.3 Å². The zero-order valence-corrected chi connectivity index (χ0v) is 15.0. The number of rotatable bonds is 17. The molecule has 132 valence electrons. The Morgan fingerprint density at radius 3 is 1.82 bits per heavy atom. The van der Waals surface area contributed by atoms with Crippen molar-refractivity contribution in [2.75, 3.05) is 13.2 Å². The number of aliphatic hydroxyl groups excluding tert-OH is 1. The summed E-state index contributed by atoms with van der Waals surface area (Å²) in [5, 5.41) is 11.9. The molecule has 3 heteroatoms. The number of ketones is 1. The van der Waals surface area contributed by atoms with Crippen molar-refractivity contribution in [3.05, 3.63) is 0 Å². The van der Waals surface area contributed by atoms with Crippen LogP contribution in [-0.4, -0.2) is 30.1 Å². The molecule has 0 radical (unpaired) electrons. The summed E-state index contributed by atoms with van der Waals surface area (Å²) >= 11 is 0. The Labute approximate surface area is 138 Å². The van der Waals surface area contributed by atoms with E-state index in [9.17, 15) is 4.79 Å². The van der Waals surface area contributed by atoms with Crippen LogP contribution in [-0.2, 0) is 4.79 Å². The van der Waals surface area contributed by atoms with Crippen LogP contribution in [0, 0.1) is 0 Å². The third kappa shape index (κ3) is 13.3. The van der Waals surface area contributed by atoms with Crippen molar-refractivity contribution in [2.24, 2.45) is 0 Å². The number of hydrogen-bond acceptors (Lipinski definition) is 3. The second-order valence-electron chi connectivity index (χ2n) is 6.39. The van der Waals surface area contributed by atoms with Crippen LogP contribution >= 0.6 is 0 Å². The Morgan fingerprint density at radius 1 is 0.864 bits per heavy atom. The Hall–Kier alpha value is -0.410. The van der Waals surface area contributed by atoms with Gasteiger partial charge in [0.25, 0.3) is 0 Å². The van der Waals surface area contributed by atoms with Gasteiger partial charge in [-0.1, -0.05) is 78.1 Å². The molecular weight excluding hydrogens is 274 g/mol. The molecule has 22 heavy (non-hydrogen) atoms. The first-order chi connectivity index (χ1) is 10.8. The number of carbonyl (C=O) groups excluding carboxylic acids is 1. The molecule has 0 aromatic rings. The molecular formula is C19H39NO2. The van der Waals surface area contributed by atoms with Gasteiger partial charge in [-0.2, -0.15) is 0 Å². The van der Waals surface area contributed by atoms with Crippen LogP contribution in [0.4, 0.5) is 0 Å². The molecule has 1 atom stereocenters. The van der Waals surface area contributed by atoms with Gasteiger partial charge in [0.05, 0.1) is 12.6 Å². The van der Waals surface area contributed by atoms with Crippen molar-refractivity contribution >= 4 is 5.78 Å². The van der Waals surface area contributed by atoms with Crippen LogP contribution in [0.15, 0.2) is 0 Å². The van der Waals surface area contributed by atoms with Gasteiger partial charge in [-0.15, -0.1) is 0 Å². The molecule has 0 spiro atoms. The third-order valence-electron chi connectivity index (χ3n) is 4.33. The zero-order chi connectivity index (χ0) is 16.5. The monoisotopic (exact) mass is 313 g/mol. The average molecular weight is 314 g/mol. The predicted octanol–water partition coefficient (Wildman–Crippen LogP) is 4.62. The highest BCUT2D eigenvalue weighted by atomic mass is 16.3. The van der Waals surface area contributed by atoms with E-state index in [1.807, 2.05) is 6.92 Å². The lowest BCUT2D eigenvalue weighted by atomic mass is 10.0. The fraction of sp³-hybridized carbons (Fsp3) is 0.947. The van der Waals surface area contributed by atoms with Crippen molar-refractivity contribution in [1.82, 2.24) is 5.32 Å². The average Bonchev–Trinajstić information content (AvgIpc) is 2.53. The van der Waals surface area contributed by atoms with E-state index in [-0.39, 0.29) is 12.6 Å². The van der Waals surface area contributed by atoms with Gasteiger partial charge in [0.2, 0.25) is 0 Å². The highest BCUT2D eigenvalue weighted by Crippen LogP contribution is 2.12. The first kappa shape index (κ1) is 21.6. The fourth-order valence-corrected chi connectivity index (χ4v) is 2.86. The third-order valence-corrected chi connectivity index (χ3v) is 4.33. The summed E-state index contributed by atoms with van der Waals surface area (Å²) in [6.07, 6.45) is 15.9. The summed E-state index contributed by atoms with van der Waals surface area (Å²) in [4.78, 5) is 12.0. The lowest BCUT2D eigenvalue weighted by molar-refractivity contribution is -0.121. The van der Waals surface area contributed by atoms with Crippen LogP contribution in [0.3, 0.4) is 0 Å². The summed E-state index contributed by atoms with van der Waals surface area (Å²) in [5.41, 5.74) is 0. The van der Waals surface area contributed by atoms with E-state index >= 15 is 0 Å². The smallest absolute Gasteiger partial charge is 0.149 e. The van der Waals surface area contributed by atoms with Gasteiger partial charge in [0.15, 0.2) is 0 Å². The molecule has 0 heterocycles. The molecule has 0 saturated heterocycles. The van der Waals surface area contributed by atoms with Crippen LogP contribution in [0.2, 0.25) is 0 Å². The first-order valence-electron chi connectivity index (χ1n) is 9.63. The maximum absolute atomic E-state index is 12.0. The molecule has 0 aliphatic carbocycles. The van der Waals surface area contributed by atoms with Crippen LogP contribution in [0.25, 0.3) is 0 Å². The maximum Gasteiger partial charge on any atom is 0.149 e. The number of unbranched alkanes of at least 4 members (excludes halogenated alkanes) is 10. The van der Waals surface area contributed by atoms with Crippen molar-refractivity contribution in [2.45, 2.75) is 103 Å². The van der Waals surface area contributed by atoms with Crippen LogP contribution in [0.1, 0.15) is 97.3 Å². The van der Waals surface area contributed by atoms with Gasteiger partial charge in [-0.05, 0) is 12.8 Å². The van der Waals surface area contributed by atoms with E-state index in [1.54, 1.807) is 0 Å². The molecule has 0 bridgehead atoms. The van der Waals surface area contributed by atoms with E-state index in [1.165, 1.54) is 64.2 Å². The van der Waals surface area contributed by atoms with Crippen LogP contribution < -0.4 is 5.32 Å². The Bertz CT molecular complexity index is 244. The lowest BCUT2D eigenvalue weighted by Gasteiger charge is -2.14. The standard InChI is InChI=1S/C19H39NO2/c1-3-5-6-7-8-9-10-11-12-13-14-15-19(22)18(4-2)20-16-17-21/h18,20-21H,3-17H2,1-2H3. The normalized spacial score (nSPS) is 12.5. The fourth-order valence-electron chi connectivity index (χ4n) is 2.86. The summed E-state index contributed by atoms with van der Waals surface area (Å²) < 4.78 is 0. The van der Waals surface area contributed by atoms with Gasteiger partial charge in [0, 0.05) is 13.0 Å². The molecule has 2 N–H and O–H groups in total. The van der Waals surface area contributed by atoms with Crippen molar-refractivity contribution in [3.63, 3.8) is 0 Å². The van der Waals surface area contributed by atoms with E-state index < -0.39 is 0 Å². The molecule has 0 rings (SSSR count).